The molecule has 2 aromatic carbocycles. The van der Waals surface area contributed by atoms with Crippen LogP contribution in [0, 0.1) is 19.3 Å². The number of benzene rings is 2. The van der Waals surface area contributed by atoms with Gasteiger partial charge in [0.2, 0.25) is 0 Å². The van der Waals surface area contributed by atoms with Crippen LogP contribution >= 0.6 is 0 Å². The minimum Gasteiger partial charge on any atom is -0.486 e. The molecule has 2 unspecified atom stereocenters. The van der Waals surface area contributed by atoms with E-state index in [0.29, 0.717) is 0 Å². The molecule has 0 bridgehead atoms. The van der Waals surface area contributed by atoms with Crippen LogP contribution in [0.4, 0.5) is 0 Å². The molecular weight excluding hydrogens is 400 g/mol. The predicted molar refractivity (Wildman–Crippen MR) is 130 cm³/mol. The molecule has 0 heterocycles. The third kappa shape index (κ3) is 5.41. The van der Waals surface area contributed by atoms with E-state index in [-0.39, 0.29) is 17.8 Å². The Balaban J connectivity index is 2.40. The molecule has 0 aliphatic heterocycles. The molecule has 0 fully saturated rings. The zero-order valence-electron chi connectivity index (χ0n) is 21.0. The number of ketones is 1. The van der Waals surface area contributed by atoms with E-state index in [2.05, 4.69) is 38.1 Å². The summed E-state index contributed by atoms with van der Waals surface area (Å²) < 4.78 is 5.85. The lowest BCUT2D eigenvalue weighted by Gasteiger charge is -2.34. The molecule has 4 heteroatoms. The molecule has 0 aliphatic carbocycles. The summed E-state index contributed by atoms with van der Waals surface area (Å²) in [7, 11) is 0. The highest BCUT2D eigenvalue weighted by Crippen LogP contribution is 2.41. The van der Waals surface area contributed by atoms with Crippen molar-refractivity contribution in [2.45, 2.75) is 85.9 Å². The molecule has 0 radical (unpaired) electrons. The number of hydrogen-bond acceptors (Lipinski definition) is 4. The van der Waals surface area contributed by atoms with E-state index < -0.39 is 17.6 Å². The maximum absolute atomic E-state index is 12.2. The number of Topliss-reactive ketones (excluding diaryl/α,β-unsaturated/α-hetero) is 1. The summed E-state index contributed by atoms with van der Waals surface area (Å²) in [5, 5.41) is 20.1. The summed E-state index contributed by atoms with van der Waals surface area (Å²) in [6, 6.07) is 12.4. The summed E-state index contributed by atoms with van der Waals surface area (Å²) in [6.07, 6.45) is 0.130. The summed E-state index contributed by atoms with van der Waals surface area (Å²) in [4.78, 5) is 12.2. The normalized spacial score (nSPS) is 14.2. The molecule has 0 aliphatic rings. The van der Waals surface area contributed by atoms with Gasteiger partial charge in [0.15, 0.2) is 5.78 Å². The first-order chi connectivity index (χ1) is 14.9. The van der Waals surface area contributed by atoms with Gasteiger partial charge in [0, 0.05) is 10.8 Å². The van der Waals surface area contributed by atoms with Crippen LogP contribution in [0.3, 0.4) is 0 Å². The van der Waals surface area contributed by atoms with Gasteiger partial charge in [-0.15, -0.1) is 0 Å². The van der Waals surface area contributed by atoms with E-state index >= 15 is 0 Å². The second-order valence-electron chi connectivity index (χ2n) is 9.99. The third-order valence-corrected chi connectivity index (χ3v) is 6.73. The third-order valence-electron chi connectivity index (χ3n) is 6.73. The van der Waals surface area contributed by atoms with Crippen LogP contribution in [0.2, 0.25) is 0 Å². The Morgan fingerprint density at radius 1 is 0.938 bits per heavy atom. The van der Waals surface area contributed by atoms with E-state index in [1.165, 1.54) is 11.1 Å². The van der Waals surface area contributed by atoms with E-state index in [1.54, 1.807) is 6.92 Å². The van der Waals surface area contributed by atoms with Crippen LogP contribution in [0.15, 0.2) is 36.4 Å². The zero-order valence-corrected chi connectivity index (χ0v) is 21.0. The monoisotopic (exact) mass is 440 g/mol. The number of hydrogen-bond donors (Lipinski definition) is 2. The Hall–Kier alpha value is -2.17. The SMILES string of the molecule is CCC(CC)(c1ccc(OCC(=O)C(C)(C)C)c(C)c1)c1ccc(C(O)C(C)O)c(C)c1. The van der Waals surface area contributed by atoms with Gasteiger partial charge in [0.1, 0.15) is 18.5 Å². The van der Waals surface area contributed by atoms with E-state index in [1.807, 2.05) is 46.8 Å². The van der Waals surface area contributed by atoms with E-state index in [0.717, 1.165) is 35.3 Å². The maximum atomic E-state index is 12.2. The van der Waals surface area contributed by atoms with Crippen molar-refractivity contribution >= 4 is 5.78 Å². The van der Waals surface area contributed by atoms with E-state index in [4.69, 9.17) is 4.74 Å². The smallest absolute Gasteiger partial charge is 0.175 e. The summed E-state index contributed by atoms with van der Waals surface area (Å²) in [5.74, 6) is 0.812. The van der Waals surface area contributed by atoms with Crippen LogP contribution in [0.25, 0.3) is 0 Å². The second-order valence-corrected chi connectivity index (χ2v) is 9.99. The van der Waals surface area contributed by atoms with Gasteiger partial charge in [-0.3, -0.25) is 4.79 Å². The lowest BCUT2D eigenvalue weighted by molar-refractivity contribution is -0.128. The number of aliphatic hydroxyl groups excluding tert-OH is 2. The molecule has 4 nitrogen and oxygen atoms in total. The number of rotatable bonds is 9. The summed E-state index contributed by atoms with van der Waals surface area (Å²) in [5.41, 5.74) is 4.54. The van der Waals surface area contributed by atoms with Gasteiger partial charge in [-0.05, 0) is 67.5 Å². The lowest BCUT2D eigenvalue weighted by atomic mass is 9.69. The molecule has 2 rings (SSSR count). The molecular formula is C28H40O4. The average molecular weight is 441 g/mol. The number of carbonyl (C=O) groups is 1. The molecule has 2 N–H and O–H groups in total. The standard InChI is InChI=1S/C28H40O4/c1-9-28(10-2,21-11-13-23(18(3)15-21)26(31)20(5)29)22-12-14-24(19(4)16-22)32-17-25(30)27(6,7)8/h11-16,20,26,29,31H,9-10,17H2,1-8H3. The van der Waals surface area contributed by atoms with Gasteiger partial charge >= 0.3 is 0 Å². The first-order valence-corrected chi connectivity index (χ1v) is 11.6. The fourth-order valence-corrected chi connectivity index (χ4v) is 4.27. The fraction of sp³-hybridized carbons (Fsp3) is 0.536. The quantitative estimate of drug-likeness (QED) is 0.516. The van der Waals surface area contributed by atoms with Crippen molar-refractivity contribution in [2.24, 2.45) is 5.41 Å². The molecule has 2 aromatic rings. The Kier molecular flexibility index (Phi) is 8.30. The number of aliphatic hydroxyl groups is 2. The van der Waals surface area contributed by atoms with Crippen LogP contribution in [0.1, 0.15) is 88.3 Å². The number of ether oxygens (including phenoxy) is 1. The second kappa shape index (κ2) is 10.2. The Bertz CT molecular complexity index is 933. The molecule has 0 amide bonds. The molecule has 0 saturated carbocycles. The molecule has 0 saturated heterocycles. The highest BCUT2D eigenvalue weighted by molar-refractivity contribution is 5.85. The number of aryl methyl sites for hydroxylation is 2. The largest absolute Gasteiger partial charge is 0.486 e. The average Bonchev–Trinajstić information content (AvgIpc) is 2.73. The molecule has 0 spiro atoms. The minimum absolute atomic E-state index is 0.0721. The Morgan fingerprint density at radius 2 is 1.47 bits per heavy atom. The van der Waals surface area contributed by atoms with Crippen LogP contribution in [0.5, 0.6) is 5.75 Å². The van der Waals surface area contributed by atoms with Crippen molar-refractivity contribution in [1.82, 2.24) is 0 Å². The fourth-order valence-electron chi connectivity index (χ4n) is 4.27. The number of carbonyl (C=O) groups excluding carboxylic acids is 1. The van der Waals surface area contributed by atoms with Crippen LogP contribution in [-0.2, 0) is 10.2 Å². The Labute approximate surface area is 193 Å². The minimum atomic E-state index is -0.892. The van der Waals surface area contributed by atoms with Crippen molar-refractivity contribution in [3.63, 3.8) is 0 Å². The van der Waals surface area contributed by atoms with Crippen molar-refractivity contribution in [2.75, 3.05) is 6.61 Å². The van der Waals surface area contributed by atoms with Gasteiger partial charge in [-0.25, -0.2) is 0 Å². The first kappa shape index (κ1) is 26.1. The predicted octanol–water partition coefficient (Wildman–Crippen LogP) is 5.82. The van der Waals surface area contributed by atoms with Crippen molar-refractivity contribution in [3.05, 3.63) is 64.2 Å². The first-order valence-electron chi connectivity index (χ1n) is 11.6. The summed E-state index contributed by atoms with van der Waals surface area (Å²) >= 11 is 0. The van der Waals surface area contributed by atoms with Crippen LogP contribution in [-0.4, -0.2) is 28.7 Å². The molecule has 0 aromatic heterocycles. The van der Waals surface area contributed by atoms with Crippen molar-refractivity contribution < 1.29 is 19.7 Å². The van der Waals surface area contributed by atoms with Gasteiger partial charge in [-0.2, -0.15) is 0 Å². The highest BCUT2D eigenvalue weighted by atomic mass is 16.5. The maximum Gasteiger partial charge on any atom is 0.175 e. The molecule has 32 heavy (non-hydrogen) atoms. The van der Waals surface area contributed by atoms with Gasteiger partial charge in [0.05, 0.1) is 6.10 Å². The van der Waals surface area contributed by atoms with Gasteiger partial charge < -0.3 is 14.9 Å². The van der Waals surface area contributed by atoms with E-state index in [9.17, 15) is 15.0 Å². The van der Waals surface area contributed by atoms with Crippen molar-refractivity contribution in [1.29, 1.82) is 0 Å². The zero-order chi connectivity index (χ0) is 24.3. The van der Waals surface area contributed by atoms with Crippen molar-refractivity contribution in [3.8, 4) is 5.75 Å². The topological polar surface area (TPSA) is 66.8 Å². The van der Waals surface area contributed by atoms with Gasteiger partial charge in [0.25, 0.3) is 0 Å². The highest BCUT2D eigenvalue weighted by Gasteiger charge is 2.32. The summed E-state index contributed by atoms with van der Waals surface area (Å²) in [6.45, 7) is 15.8. The lowest BCUT2D eigenvalue weighted by Crippen LogP contribution is -2.27. The Morgan fingerprint density at radius 3 is 1.91 bits per heavy atom. The molecule has 2 atom stereocenters. The van der Waals surface area contributed by atoms with Gasteiger partial charge in [-0.1, -0.05) is 65.0 Å². The van der Waals surface area contributed by atoms with Crippen LogP contribution < -0.4 is 4.74 Å². The molecule has 176 valence electrons.